The van der Waals surface area contributed by atoms with Crippen molar-refractivity contribution in [3.8, 4) is 11.5 Å². The maximum absolute atomic E-state index is 5.70. The maximum atomic E-state index is 5.70. The summed E-state index contributed by atoms with van der Waals surface area (Å²) < 4.78 is 10.8. The molecule has 128 valence electrons. The first-order chi connectivity index (χ1) is 11.8. The molecule has 3 rings (SSSR count). The average Bonchev–Trinajstić information content (AvgIpc) is 2.67. The van der Waals surface area contributed by atoms with Gasteiger partial charge in [0.2, 0.25) is 0 Å². The molecule has 1 aliphatic heterocycles. The minimum absolute atomic E-state index is 0.565. The van der Waals surface area contributed by atoms with Gasteiger partial charge in [-0.25, -0.2) is 9.97 Å². The van der Waals surface area contributed by atoms with Crippen molar-refractivity contribution in [2.75, 3.05) is 43.6 Å². The van der Waals surface area contributed by atoms with Gasteiger partial charge in [-0.3, -0.25) is 0 Å². The van der Waals surface area contributed by atoms with Gasteiger partial charge in [0.25, 0.3) is 0 Å². The Hall–Kier alpha value is -2.50. The molecule has 1 aromatic heterocycles. The monoisotopic (exact) mass is 328 g/mol. The second-order valence-electron chi connectivity index (χ2n) is 5.76. The highest BCUT2D eigenvalue weighted by Crippen LogP contribution is 2.19. The normalized spacial score (nSPS) is 14.3. The van der Waals surface area contributed by atoms with Crippen LogP contribution in [0.1, 0.15) is 19.3 Å². The SMILES string of the molecule is COc1ccc(OCCNc2cc(N3CCCCC3)ncn2)cc1. The predicted octanol–water partition coefficient (Wildman–Crippen LogP) is 2.97. The molecule has 2 aromatic rings. The number of benzene rings is 1. The second kappa shape index (κ2) is 8.38. The Bertz CT molecular complexity index is 627. The Morgan fingerprint density at radius 3 is 2.54 bits per heavy atom. The zero-order chi connectivity index (χ0) is 16.6. The first kappa shape index (κ1) is 16.4. The lowest BCUT2D eigenvalue weighted by molar-refractivity contribution is 0.331. The van der Waals surface area contributed by atoms with Gasteiger partial charge in [0.15, 0.2) is 0 Å². The number of nitrogens with zero attached hydrogens (tertiary/aromatic N) is 3. The average molecular weight is 328 g/mol. The summed E-state index contributed by atoms with van der Waals surface area (Å²) in [6.07, 6.45) is 5.41. The fourth-order valence-electron chi connectivity index (χ4n) is 2.76. The number of anilines is 2. The third-order valence-corrected chi connectivity index (χ3v) is 4.07. The molecule has 0 spiro atoms. The van der Waals surface area contributed by atoms with Gasteiger partial charge in [-0.2, -0.15) is 0 Å². The maximum Gasteiger partial charge on any atom is 0.134 e. The molecule has 1 aliphatic rings. The van der Waals surface area contributed by atoms with Gasteiger partial charge in [0, 0.05) is 19.2 Å². The molecule has 1 fully saturated rings. The molecule has 24 heavy (non-hydrogen) atoms. The standard InChI is InChI=1S/C18H24N4O2/c1-23-15-5-7-16(8-6-15)24-12-9-19-17-13-18(21-14-20-17)22-10-3-2-4-11-22/h5-8,13-14H,2-4,9-12H2,1H3,(H,19,20,21). The van der Waals surface area contributed by atoms with Crippen molar-refractivity contribution < 1.29 is 9.47 Å². The van der Waals surface area contributed by atoms with Crippen LogP contribution in [0.5, 0.6) is 11.5 Å². The van der Waals surface area contributed by atoms with Gasteiger partial charge in [0.1, 0.15) is 36.1 Å². The van der Waals surface area contributed by atoms with E-state index < -0.39 is 0 Å². The molecule has 0 amide bonds. The van der Waals surface area contributed by atoms with Gasteiger partial charge in [-0.1, -0.05) is 0 Å². The lowest BCUT2D eigenvalue weighted by Gasteiger charge is -2.27. The van der Waals surface area contributed by atoms with Crippen molar-refractivity contribution in [1.82, 2.24) is 9.97 Å². The zero-order valence-corrected chi connectivity index (χ0v) is 14.1. The topological polar surface area (TPSA) is 59.5 Å². The second-order valence-corrected chi connectivity index (χ2v) is 5.76. The van der Waals surface area contributed by atoms with Crippen molar-refractivity contribution in [1.29, 1.82) is 0 Å². The molecular formula is C18H24N4O2. The van der Waals surface area contributed by atoms with Crippen LogP contribution in [0.3, 0.4) is 0 Å². The molecule has 0 radical (unpaired) electrons. The van der Waals surface area contributed by atoms with Crippen LogP contribution >= 0.6 is 0 Å². The summed E-state index contributed by atoms with van der Waals surface area (Å²) in [5.74, 6) is 3.49. The van der Waals surface area contributed by atoms with Crippen molar-refractivity contribution in [2.45, 2.75) is 19.3 Å². The van der Waals surface area contributed by atoms with Gasteiger partial charge >= 0.3 is 0 Å². The van der Waals surface area contributed by atoms with Gasteiger partial charge in [-0.15, -0.1) is 0 Å². The number of rotatable bonds is 7. The van der Waals surface area contributed by atoms with Crippen LogP contribution in [0.2, 0.25) is 0 Å². The summed E-state index contributed by atoms with van der Waals surface area (Å²) in [5.41, 5.74) is 0. The number of hydrogen-bond donors (Lipinski definition) is 1. The van der Waals surface area contributed by atoms with E-state index in [0.29, 0.717) is 13.2 Å². The van der Waals surface area contributed by atoms with Gasteiger partial charge in [0.05, 0.1) is 13.7 Å². The molecule has 1 aromatic carbocycles. The number of aromatic nitrogens is 2. The fourth-order valence-corrected chi connectivity index (χ4v) is 2.76. The smallest absolute Gasteiger partial charge is 0.134 e. The van der Waals surface area contributed by atoms with E-state index in [1.807, 2.05) is 30.3 Å². The van der Waals surface area contributed by atoms with E-state index in [0.717, 1.165) is 36.2 Å². The van der Waals surface area contributed by atoms with E-state index in [-0.39, 0.29) is 0 Å². The molecule has 0 aliphatic carbocycles. The van der Waals surface area contributed by atoms with E-state index in [9.17, 15) is 0 Å². The molecule has 6 nitrogen and oxygen atoms in total. The molecule has 0 unspecified atom stereocenters. The van der Waals surface area contributed by atoms with Crippen molar-refractivity contribution >= 4 is 11.6 Å². The summed E-state index contributed by atoms with van der Waals surface area (Å²) in [5, 5.41) is 3.29. The quantitative estimate of drug-likeness (QED) is 0.789. The lowest BCUT2D eigenvalue weighted by Crippen LogP contribution is -2.30. The summed E-state index contributed by atoms with van der Waals surface area (Å²) >= 11 is 0. The van der Waals surface area contributed by atoms with Crippen molar-refractivity contribution in [2.24, 2.45) is 0 Å². The van der Waals surface area contributed by atoms with Crippen LogP contribution in [0.4, 0.5) is 11.6 Å². The number of piperidine rings is 1. The number of ether oxygens (including phenoxy) is 2. The number of hydrogen-bond acceptors (Lipinski definition) is 6. The van der Waals surface area contributed by atoms with Crippen LogP contribution in [0.25, 0.3) is 0 Å². The fraction of sp³-hybridized carbons (Fsp3) is 0.444. The van der Waals surface area contributed by atoms with Crippen molar-refractivity contribution in [3.05, 3.63) is 36.7 Å². The van der Waals surface area contributed by atoms with E-state index in [2.05, 4.69) is 20.2 Å². The number of methoxy groups -OCH3 is 1. The van der Waals surface area contributed by atoms with Gasteiger partial charge < -0.3 is 19.7 Å². The third-order valence-electron chi connectivity index (χ3n) is 4.07. The zero-order valence-electron chi connectivity index (χ0n) is 14.1. The molecule has 2 heterocycles. The van der Waals surface area contributed by atoms with Crippen molar-refractivity contribution in [3.63, 3.8) is 0 Å². The van der Waals surface area contributed by atoms with Crippen LogP contribution < -0.4 is 19.7 Å². The molecule has 0 saturated carbocycles. The Morgan fingerprint density at radius 2 is 1.79 bits per heavy atom. The highest BCUT2D eigenvalue weighted by atomic mass is 16.5. The molecule has 0 atom stereocenters. The Kier molecular flexibility index (Phi) is 5.71. The summed E-state index contributed by atoms with van der Waals surface area (Å²) in [7, 11) is 1.65. The highest BCUT2D eigenvalue weighted by molar-refractivity contribution is 5.48. The largest absolute Gasteiger partial charge is 0.497 e. The van der Waals surface area contributed by atoms with E-state index in [1.165, 1.54) is 19.3 Å². The minimum Gasteiger partial charge on any atom is -0.497 e. The molecule has 6 heteroatoms. The Balaban J connectivity index is 1.45. The third kappa shape index (κ3) is 4.50. The summed E-state index contributed by atoms with van der Waals surface area (Å²) in [6.45, 7) is 3.41. The number of nitrogens with one attached hydrogen (secondary N) is 1. The van der Waals surface area contributed by atoms with Crippen LogP contribution in [-0.4, -0.2) is 43.3 Å². The molecular weight excluding hydrogens is 304 g/mol. The Labute approximate surface area is 142 Å². The van der Waals surface area contributed by atoms with E-state index >= 15 is 0 Å². The summed E-state index contributed by atoms with van der Waals surface area (Å²) in [6, 6.07) is 9.59. The van der Waals surface area contributed by atoms with E-state index in [4.69, 9.17) is 9.47 Å². The lowest BCUT2D eigenvalue weighted by atomic mass is 10.1. The molecule has 1 N–H and O–H groups in total. The molecule has 0 bridgehead atoms. The predicted molar refractivity (Wildman–Crippen MR) is 95.1 cm³/mol. The Morgan fingerprint density at radius 1 is 1.04 bits per heavy atom. The van der Waals surface area contributed by atoms with E-state index in [1.54, 1.807) is 13.4 Å². The van der Waals surface area contributed by atoms with Crippen LogP contribution in [0.15, 0.2) is 36.7 Å². The highest BCUT2D eigenvalue weighted by Gasteiger charge is 2.12. The van der Waals surface area contributed by atoms with Gasteiger partial charge in [-0.05, 0) is 43.5 Å². The molecule has 1 saturated heterocycles. The summed E-state index contributed by atoms with van der Waals surface area (Å²) in [4.78, 5) is 11.0. The van der Waals surface area contributed by atoms with Crippen LogP contribution in [0, 0.1) is 0 Å². The first-order valence-electron chi connectivity index (χ1n) is 8.43. The first-order valence-corrected chi connectivity index (χ1v) is 8.43. The van der Waals surface area contributed by atoms with Crippen LogP contribution in [-0.2, 0) is 0 Å². The minimum atomic E-state index is 0.565.